The third-order valence-electron chi connectivity index (χ3n) is 1.52. The predicted molar refractivity (Wildman–Crippen MR) is 66.7 cm³/mol. The highest BCUT2D eigenvalue weighted by atomic mass is 19.4. The standard InChI is InChI=1S/C9H18.C2H3F3.C2H6/c1-4-7-9(6-3)8-5-2;1-2(3,4)5;1-2/h7H,4-6,8H2,1-3H3;1H3;1-2H3/b9-7-;;. The van der Waals surface area contributed by atoms with Crippen molar-refractivity contribution < 1.29 is 13.2 Å². The Labute approximate surface area is 98.9 Å². The van der Waals surface area contributed by atoms with Crippen LogP contribution in [-0.4, -0.2) is 6.18 Å². The topological polar surface area (TPSA) is 0 Å². The largest absolute Gasteiger partial charge is 0.386 e. The van der Waals surface area contributed by atoms with Gasteiger partial charge in [-0.15, -0.1) is 0 Å². The van der Waals surface area contributed by atoms with Crippen LogP contribution in [0.2, 0.25) is 0 Å². The summed E-state index contributed by atoms with van der Waals surface area (Å²) < 4.78 is 31.1. The lowest BCUT2D eigenvalue weighted by Gasteiger charge is -1.99. The number of halogens is 3. The van der Waals surface area contributed by atoms with E-state index in [4.69, 9.17) is 0 Å². The Morgan fingerprint density at radius 2 is 1.44 bits per heavy atom. The lowest BCUT2D eigenvalue weighted by Crippen LogP contribution is -1.95. The minimum atomic E-state index is -4.00. The summed E-state index contributed by atoms with van der Waals surface area (Å²) in [6.45, 7) is 10.9. The fourth-order valence-electron chi connectivity index (χ4n) is 1.03. The Bertz CT molecular complexity index is 140. The van der Waals surface area contributed by atoms with Gasteiger partial charge in [0.2, 0.25) is 0 Å². The summed E-state index contributed by atoms with van der Waals surface area (Å²) in [4.78, 5) is 0. The molecule has 0 aromatic heterocycles. The number of hydrogen-bond acceptors (Lipinski definition) is 0. The van der Waals surface area contributed by atoms with Gasteiger partial charge in [-0.05, 0) is 19.3 Å². The van der Waals surface area contributed by atoms with Crippen molar-refractivity contribution in [3.05, 3.63) is 11.6 Å². The van der Waals surface area contributed by atoms with Crippen LogP contribution in [0.15, 0.2) is 11.6 Å². The molecule has 0 unspecified atom stereocenters. The highest BCUT2D eigenvalue weighted by Gasteiger charge is 2.15. The Morgan fingerprint density at radius 1 is 1.06 bits per heavy atom. The third kappa shape index (κ3) is 37.5. The summed E-state index contributed by atoms with van der Waals surface area (Å²) >= 11 is 0. The first-order valence-electron chi connectivity index (χ1n) is 6.09. The molecule has 0 aromatic carbocycles. The van der Waals surface area contributed by atoms with Gasteiger partial charge in [-0.2, -0.15) is 13.2 Å². The number of rotatable bonds is 4. The van der Waals surface area contributed by atoms with Gasteiger partial charge in [0.25, 0.3) is 0 Å². The van der Waals surface area contributed by atoms with E-state index in [1.165, 1.54) is 25.7 Å². The molecule has 0 aromatic rings. The van der Waals surface area contributed by atoms with Crippen LogP contribution in [0, 0.1) is 0 Å². The van der Waals surface area contributed by atoms with Gasteiger partial charge in [-0.3, -0.25) is 0 Å². The van der Waals surface area contributed by atoms with E-state index in [0.29, 0.717) is 0 Å². The van der Waals surface area contributed by atoms with Crippen LogP contribution in [0.25, 0.3) is 0 Å². The summed E-state index contributed by atoms with van der Waals surface area (Å²) in [5.74, 6) is 0. The molecule has 0 aliphatic rings. The molecule has 0 aliphatic heterocycles. The predicted octanol–water partition coefficient (Wildman–Crippen LogP) is 6.13. The van der Waals surface area contributed by atoms with Gasteiger partial charge in [-0.25, -0.2) is 0 Å². The first-order valence-corrected chi connectivity index (χ1v) is 6.09. The normalized spacial score (nSPS) is 10.9. The number of alkyl halides is 3. The molecule has 0 bridgehead atoms. The van der Waals surface area contributed by atoms with Gasteiger partial charge in [0.15, 0.2) is 0 Å². The minimum absolute atomic E-state index is 0.188. The molecule has 16 heavy (non-hydrogen) atoms. The van der Waals surface area contributed by atoms with Crippen molar-refractivity contribution in [3.8, 4) is 0 Å². The van der Waals surface area contributed by atoms with E-state index in [2.05, 4.69) is 26.8 Å². The maximum atomic E-state index is 10.4. The zero-order valence-corrected chi connectivity index (χ0v) is 11.5. The highest BCUT2D eigenvalue weighted by molar-refractivity contribution is 4.99. The summed E-state index contributed by atoms with van der Waals surface area (Å²) in [7, 11) is 0. The summed E-state index contributed by atoms with van der Waals surface area (Å²) in [5, 5.41) is 0. The Balaban J connectivity index is -0.000000205. The molecule has 0 nitrogen and oxygen atoms in total. The van der Waals surface area contributed by atoms with Crippen molar-refractivity contribution in [2.75, 3.05) is 0 Å². The van der Waals surface area contributed by atoms with E-state index in [1.807, 2.05) is 13.8 Å². The van der Waals surface area contributed by atoms with Crippen molar-refractivity contribution in [1.82, 2.24) is 0 Å². The molecule has 0 N–H and O–H groups in total. The minimum Gasteiger partial charge on any atom is -0.172 e. The van der Waals surface area contributed by atoms with Crippen LogP contribution >= 0.6 is 0 Å². The number of allylic oxidation sites excluding steroid dienone is 2. The molecule has 0 rings (SSSR count). The second-order valence-electron chi connectivity index (χ2n) is 3.16. The molecular formula is C13H27F3. The lowest BCUT2D eigenvalue weighted by molar-refractivity contribution is -0.110. The lowest BCUT2D eigenvalue weighted by atomic mass is 10.1. The fourth-order valence-corrected chi connectivity index (χ4v) is 1.03. The van der Waals surface area contributed by atoms with E-state index in [-0.39, 0.29) is 6.92 Å². The van der Waals surface area contributed by atoms with E-state index < -0.39 is 6.18 Å². The van der Waals surface area contributed by atoms with Crippen LogP contribution in [0.3, 0.4) is 0 Å². The molecule has 100 valence electrons. The van der Waals surface area contributed by atoms with E-state index >= 15 is 0 Å². The molecule has 0 radical (unpaired) electrons. The van der Waals surface area contributed by atoms with Crippen molar-refractivity contribution in [2.24, 2.45) is 0 Å². The monoisotopic (exact) mass is 240 g/mol. The average molecular weight is 240 g/mol. The van der Waals surface area contributed by atoms with E-state index in [9.17, 15) is 13.2 Å². The maximum absolute atomic E-state index is 10.4. The van der Waals surface area contributed by atoms with Crippen LogP contribution in [-0.2, 0) is 0 Å². The van der Waals surface area contributed by atoms with E-state index in [1.54, 1.807) is 5.57 Å². The Hall–Kier alpha value is -0.470. The highest BCUT2D eigenvalue weighted by Crippen LogP contribution is 2.10. The molecule has 0 amide bonds. The first kappa shape index (κ1) is 20.9. The quantitative estimate of drug-likeness (QED) is 0.519. The zero-order chi connectivity index (χ0) is 13.6. The van der Waals surface area contributed by atoms with Crippen molar-refractivity contribution in [2.45, 2.75) is 73.4 Å². The molecule has 0 saturated heterocycles. The molecule has 0 saturated carbocycles. The molecule has 0 atom stereocenters. The van der Waals surface area contributed by atoms with Crippen LogP contribution in [0.5, 0.6) is 0 Å². The van der Waals surface area contributed by atoms with Gasteiger partial charge in [0.05, 0.1) is 0 Å². The van der Waals surface area contributed by atoms with Gasteiger partial charge in [0.1, 0.15) is 0 Å². The van der Waals surface area contributed by atoms with Crippen molar-refractivity contribution >= 4 is 0 Å². The Kier molecular flexibility index (Phi) is 19.0. The first-order chi connectivity index (χ1) is 7.35. The third-order valence-corrected chi connectivity index (χ3v) is 1.52. The Morgan fingerprint density at radius 3 is 1.62 bits per heavy atom. The molecule has 0 fully saturated rings. The van der Waals surface area contributed by atoms with Crippen molar-refractivity contribution in [1.29, 1.82) is 0 Å². The number of hydrogen-bond donors (Lipinski definition) is 0. The van der Waals surface area contributed by atoms with Gasteiger partial charge < -0.3 is 0 Å². The smallest absolute Gasteiger partial charge is 0.172 e. The molecule has 0 heterocycles. The van der Waals surface area contributed by atoms with Crippen LogP contribution in [0.1, 0.15) is 67.2 Å². The second-order valence-corrected chi connectivity index (χ2v) is 3.16. The fraction of sp³-hybridized carbons (Fsp3) is 0.846. The summed E-state index contributed by atoms with van der Waals surface area (Å²) in [5.41, 5.74) is 1.63. The summed E-state index contributed by atoms with van der Waals surface area (Å²) in [6, 6.07) is 0. The summed E-state index contributed by atoms with van der Waals surface area (Å²) in [6.07, 6.45) is 3.37. The van der Waals surface area contributed by atoms with E-state index in [0.717, 1.165) is 0 Å². The SMILES string of the molecule is CC.CC(F)(F)F.CC/C=C(/CC)CCC. The zero-order valence-electron chi connectivity index (χ0n) is 11.5. The van der Waals surface area contributed by atoms with Gasteiger partial charge >= 0.3 is 6.18 Å². The maximum Gasteiger partial charge on any atom is 0.386 e. The molecular weight excluding hydrogens is 213 g/mol. The molecule has 3 heteroatoms. The second kappa shape index (κ2) is 14.5. The van der Waals surface area contributed by atoms with Gasteiger partial charge in [0, 0.05) is 6.92 Å². The molecule has 0 spiro atoms. The van der Waals surface area contributed by atoms with Crippen LogP contribution < -0.4 is 0 Å². The van der Waals surface area contributed by atoms with Crippen LogP contribution in [0.4, 0.5) is 13.2 Å². The molecule has 0 aliphatic carbocycles. The van der Waals surface area contributed by atoms with Crippen molar-refractivity contribution in [3.63, 3.8) is 0 Å². The van der Waals surface area contributed by atoms with Gasteiger partial charge in [-0.1, -0.05) is 52.7 Å². The average Bonchev–Trinajstić information content (AvgIpc) is 2.18.